The van der Waals surface area contributed by atoms with Gasteiger partial charge in [-0.25, -0.2) is 13.6 Å². The molecule has 156 valence electrons. The number of halogens is 2. The number of nitrogens with one attached hydrogen (secondary N) is 2. The maximum Gasteiger partial charge on any atom is 0.315 e. The maximum absolute atomic E-state index is 14.1. The van der Waals surface area contributed by atoms with Gasteiger partial charge in [0.05, 0.1) is 0 Å². The average Bonchev–Trinajstić information content (AvgIpc) is 2.62. The lowest BCUT2D eigenvalue weighted by Gasteiger charge is -2.29. The van der Waals surface area contributed by atoms with Gasteiger partial charge in [0, 0.05) is 6.04 Å². The molecule has 0 bridgehead atoms. The molecule has 0 unspecified atom stereocenters. The third-order valence-electron chi connectivity index (χ3n) is 4.61. The minimum atomic E-state index is -0.898. The zero-order chi connectivity index (χ0) is 21.6. The topological polar surface area (TPSA) is 84.2 Å². The Labute approximate surface area is 169 Å². The fourth-order valence-corrected chi connectivity index (χ4v) is 3.11. The highest BCUT2D eigenvalue weighted by atomic mass is 19.1. The first kappa shape index (κ1) is 22.3. The van der Waals surface area contributed by atoms with Crippen LogP contribution >= 0.6 is 0 Å². The molecular formula is C22H27F2N3O2. The fraction of sp³-hybridized carbons (Fsp3) is 0.364. The van der Waals surface area contributed by atoms with Gasteiger partial charge in [-0.2, -0.15) is 0 Å². The van der Waals surface area contributed by atoms with Gasteiger partial charge in [0.1, 0.15) is 17.7 Å². The van der Waals surface area contributed by atoms with Crippen LogP contribution in [0.25, 0.3) is 0 Å². The molecule has 0 radical (unpaired) electrons. The number of nitrogens with two attached hydrogens (primary N) is 1. The number of carbonyl (C=O) groups is 2. The molecule has 29 heavy (non-hydrogen) atoms. The Bertz CT molecular complexity index is 818. The summed E-state index contributed by atoms with van der Waals surface area (Å²) in [5, 5.41) is 5.31. The highest BCUT2D eigenvalue weighted by molar-refractivity contribution is 5.86. The summed E-state index contributed by atoms with van der Waals surface area (Å²) in [6.07, 6.45) is 0.316. The molecule has 2 aromatic carbocycles. The first-order valence-electron chi connectivity index (χ1n) is 9.41. The standard InChI is InChI=1S/C22H27F2N3O2/c1-22(2,3)19(20(25)28)27-21(29)26-16(12-14-8-4-6-10-17(14)23)13-15-9-5-7-11-18(15)24/h4-11,16,19H,12-13H2,1-3H3,(H2,25,28)(H2,26,27,29)/t19-/m1/s1. The molecule has 0 aliphatic carbocycles. The van der Waals surface area contributed by atoms with Gasteiger partial charge in [0.15, 0.2) is 0 Å². The van der Waals surface area contributed by atoms with E-state index in [0.29, 0.717) is 11.1 Å². The molecule has 3 amide bonds. The molecule has 5 nitrogen and oxygen atoms in total. The van der Waals surface area contributed by atoms with Crippen molar-refractivity contribution in [2.75, 3.05) is 0 Å². The smallest absolute Gasteiger partial charge is 0.315 e. The normalized spacial score (nSPS) is 12.5. The van der Waals surface area contributed by atoms with E-state index in [2.05, 4.69) is 10.6 Å². The van der Waals surface area contributed by atoms with Crippen LogP contribution in [-0.4, -0.2) is 24.0 Å². The molecule has 7 heteroatoms. The Hall–Kier alpha value is -2.96. The zero-order valence-corrected chi connectivity index (χ0v) is 16.8. The number of carbonyl (C=O) groups excluding carboxylic acids is 2. The number of amides is 3. The number of hydrogen-bond donors (Lipinski definition) is 3. The molecule has 2 rings (SSSR count). The third-order valence-corrected chi connectivity index (χ3v) is 4.61. The minimum Gasteiger partial charge on any atom is -0.368 e. The second-order valence-electron chi connectivity index (χ2n) is 8.11. The summed E-state index contributed by atoms with van der Waals surface area (Å²) in [7, 11) is 0. The summed E-state index contributed by atoms with van der Waals surface area (Å²) >= 11 is 0. The second-order valence-corrected chi connectivity index (χ2v) is 8.11. The molecule has 0 aliphatic heterocycles. The predicted octanol–water partition coefficient (Wildman–Crippen LogP) is 3.32. The van der Waals surface area contributed by atoms with Gasteiger partial charge in [-0.1, -0.05) is 57.2 Å². The van der Waals surface area contributed by atoms with Crippen molar-refractivity contribution in [3.8, 4) is 0 Å². The Morgan fingerprint density at radius 2 is 1.34 bits per heavy atom. The number of rotatable bonds is 7. The summed E-state index contributed by atoms with van der Waals surface area (Å²) < 4.78 is 28.2. The van der Waals surface area contributed by atoms with Crippen LogP contribution in [-0.2, 0) is 17.6 Å². The molecule has 2 aromatic rings. The van der Waals surface area contributed by atoms with E-state index in [1.165, 1.54) is 12.1 Å². The van der Waals surface area contributed by atoms with Crippen molar-refractivity contribution < 1.29 is 18.4 Å². The summed E-state index contributed by atoms with van der Waals surface area (Å²) in [6.45, 7) is 5.33. The van der Waals surface area contributed by atoms with E-state index in [4.69, 9.17) is 5.73 Å². The molecule has 1 atom stereocenters. The van der Waals surface area contributed by atoms with E-state index in [0.717, 1.165) is 0 Å². The monoisotopic (exact) mass is 403 g/mol. The summed E-state index contributed by atoms with van der Waals surface area (Å²) in [4.78, 5) is 24.3. The summed E-state index contributed by atoms with van der Waals surface area (Å²) in [5.74, 6) is -1.47. The van der Waals surface area contributed by atoms with Gasteiger partial charge >= 0.3 is 6.03 Å². The van der Waals surface area contributed by atoms with Crippen LogP contribution in [0.1, 0.15) is 31.9 Å². The quantitative estimate of drug-likeness (QED) is 0.663. The summed E-state index contributed by atoms with van der Waals surface area (Å²) in [6, 6.07) is 10.3. The number of urea groups is 1. The molecule has 0 saturated carbocycles. The first-order valence-corrected chi connectivity index (χ1v) is 9.41. The van der Waals surface area contributed by atoms with Gasteiger partial charge < -0.3 is 16.4 Å². The maximum atomic E-state index is 14.1. The predicted molar refractivity (Wildman–Crippen MR) is 108 cm³/mol. The Balaban J connectivity index is 2.20. The van der Waals surface area contributed by atoms with Crippen molar-refractivity contribution in [3.05, 3.63) is 71.3 Å². The van der Waals surface area contributed by atoms with Gasteiger partial charge in [-0.3, -0.25) is 4.79 Å². The van der Waals surface area contributed by atoms with E-state index in [1.807, 2.05) is 0 Å². The Morgan fingerprint density at radius 1 is 0.897 bits per heavy atom. The van der Waals surface area contributed by atoms with Gasteiger partial charge in [-0.05, 0) is 41.5 Å². The number of hydrogen-bond acceptors (Lipinski definition) is 2. The van der Waals surface area contributed by atoms with Crippen LogP contribution < -0.4 is 16.4 Å². The molecule has 0 heterocycles. The van der Waals surface area contributed by atoms with Gasteiger partial charge in [-0.15, -0.1) is 0 Å². The van der Waals surface area contributed by atoms with Crippen molar-refractivity contribution in [2.24, 2.45) is 11.1 Å². The van der Waals surface area contributed by atoms with Crippen LogP contribution in [0.15, 0.2) is 48.5 Å². The lowest BCUT2D eigenvalue weighted by Crippen LogP contribution is -2.56. The summed E-state index contributed by atoms with van der Waals surface area (Å²) in [5.41, 5.74) is 5.62. The fourth-order valence-electron chi connectivity index (χ4n) is 3.11. The van der Waals surface area contributed by atoms with Gasteiger partial charge in [0.25, 0.3) is 0 Å². The van der Waals surface area contributed by atoms with Crippen molar-refractivity contribution >= 4 is 11.9 Å². The molecule has 4 N–H and O–H groups in total. The highest BCUT2D eigenvalue weighted by Crippen LogP contribution is 2.19. The van der Waals surface area contributed by atoms with Crippen LogP contribution in [0.3, 0.4) is 0 Å². The average molecular weight is 403 g/mol. The number of primary amides is 1. The highest BCUT2D eigenvalue weighted by Gasteiger charge is 2.31. The van der Waals surface area contributed by atoms with E-state index < -0.39 is 41.1 Å². The number of benzene rings is 2. The second kappa shape index (κ2) is 9.49. The zero-order valence-electron chi connectivity index (χ0n) is 16.8. The van der Waals surface area contributed by atoms with Crippen LogP contribution in [0.5, 0.6) is 0 Å². The van der Waals surface area contributed by atoms with Crippen molar-refractivity contribution in [3.63, 3.8) is 0 Å². The lowest BCUT2D eigenvalue weighted by atomic mass is 9.86. The van der Waals surface area contributed by atoms with Crippen molar-refractivity contribution in [2.45, 2.75) is 45.7 Å². The van der Waals surface area contributed by atoms with E-state index in [1.54, 1.807) is 57.2 Å². The van der Waals surface area contributed by atoms with Crippen LogP contribution in [0.4, 0.5) is 13.6 Å². The molecule has 0 aliphatic rings. The molecule has 0 saturated heterocycles. The lowest BCUT2D eigenvalue weighted by molar-refractivity contribution is -0.122. The molecule has 0 aromatic heterocycles. The largest absolute Gasteiger partial charge is 0.368 e. The first-order chi connectivity index (χ1) is 13.6. The van der Waals surface area contributed by atoms with E-state index >= 15 is 0 Å². The third kappa shape index (κ3) is 6.55. The van der Waals surface area contributed by atoms with E-state index in [-0.39, 0.29) is 12.8 Å². The van der Waals surface area contributed by atoms with E-state index in [9.17, 15) is 18.4 Å². The Morgan fingerprint density at radius 3 is 1.72 bits per heavy atom. The molecular weight excluding hydrogens is 376 g/mol. The Kier molecular flexibility index (Phi) is 7.31. The molecule has 0 fully saturated rings. The van der Waals surface area contributed by atoms with Crippen LogP contribution in [0.2, 0.25) is 0 Å². The van der Waals surface area contributed by atoms with Crippen molar-refractivity contribution in [1.29, 1.82) is 0 Å². The van der Waals surface area contributed by atoms with Crippen LogP contribution in [0, 0.1) is 17.0 Å². The van der Waals surface area contributed by atoms with Gasteiger partial charge in [0.2, 0.25) is 5.91 Å². The minimum absolute atomic E-state index is 0.158. The molecule has 0 spiro atoms. The SMILES string of the molecule is CC(C)(C)[C@H](NC(=O)NC(Cc1ccccc1F)Cc1ccccc1F)C(N)=O. The van der Waals surface area contributed by atoms with Crippen molar-refractivity contribution in [1.82, 2.24) is 10.6 Å².